The van der Waals surface area contributed by atoms with Crippen molar-refractivity contribution < 1.29 is 24.2 Å². The molecule has 4 aromatic carbocycles. The summed E-state index contributed by atoms with van der Waals surface area (Å²) < 4.78 is 11.5. The number of rotatable bonds is 15. The molecule has 1 N–H and O–H groups in total. The summed E-state index contributed by atoms with van der Waals surface area (Å²) in [5.41, 5.74) is 3.25. The van der Waals surface area contributed by atoms with Crippen molar-refractivity contribution in [1.29, 1.82) is 0 Å². The summed E-state index contributed by atoms with van der Waals surface area (Å²) in [5.74, 6) is -0.572. The number of aliphatic carboxylic acids is 1. The summed E-state index contributed by atoms with van der Waals surface area (Å²) in [6, 6.07) is 26.3. The van der Waals surface area contributed by atoms with Crippen LogP contribution in [0.15, 0.2) is 84.9 Å². The number of carboxylic acids is 1. The van der Waals surface area contributed by atoms with Gasteiger partial charge in [0.1, 0.15) is 11.5 Å². The van der Waals surface area contributed by atoms with Gasteiger partial charge >= 0.3 is 11.9 Å². The van der Waals surface area contributed by atoms with E-state index in [0.717, 1.165) is 46.2 Å². The molecular formula is C36H40O5. The van der Waals surface area contributed by atoms with Gasteiger partial charge in [0.25, 0.3) is 0 Å². The number of carbonyl (C=O) groups excluding carboxylic acids is 1. The Labute approximate surface area is 243 Å². The van der Waals surface area contributed by atoms with Crippen molar-refractivity contribution in [3.8, 4) is 22.6 Å². The SMILES string of the molecule is CCCCCCCCCCOc1ccc(-c2ccc(C(=O)Oc3ccc4cc([C@H](C)C(=O)O)ccc4c3)cc2)cc1. The first kappa shape index (κ1) is 29.9. The lowest BCUT2D eigenvalue weighted by Gasteiger charge is -2.10. The van der Waals surface area contributed by atoms with E-state index in [0.29, 0.717) is 11.3 Å². The van der Waals surface area contributed by atoms with E-state index in [1.165, 1.54) is 44.9 Å². The zero-order valence-corrected chi connectivity index (χ0v) is 24.1. The Balaban J connectivity index is 1.26. The van der Waals surface area contributed by atoms with E-state index in [-0.39, 0.29) is 0 Å². The molecule has 0 amide bonds. The van der Waals surface area contributed by atoms with Crippen LogP contribution in [0, 0.1) is 0 Å². The van der Waals surface area contributed by atoms with Crippen molar-refractivity contribution in [2.45, 2.75) is 71.1 Å². The van der Waals surface area contributed by atoms with E-state index in [1.54, 1.807) is 37.3 Å². The van der Waals surface area contributed by atoms with Gasteiger partial charge in [0.15, 0.2) is 0 Å². The normalized spacial score (nSPS) is 11.8. The molecule has 0 fully saturated rings. The summed E-state index contributed by atoms with van der Waals surface area (Å²) >= 11 is 0. The van der Waals surface area contributed by atoms with Gasteiger partial charge in [-0.2, -0.15) is 0 Å². The molecule has 0 bridgehead atoms. The first-order valence-electron chi connectivity index (χ1n) is 14.8. The Hall–Kier alpha value is -4.12. The molecule has 5 heteroatoms. The highest BCUT2D eigenvalue weighted by molar-refractivity contribution is 5.93. The summed E-state index contributed by atoms with van der Waals surface area (Å²) in [6.45, 7) is 4.65. The molecular weight excluding hydrogens is 512 g/mol. The highest BCUT2D eigenvalue weighted by atomic mass is 16.5. The number of hydrogen-bond acceptors (Lipinski definition) is 4. The minimum Gasteiger partial charge on any atom is -0.494 e. The fraction of sp³-hybridized carbons (Fsp3) is 0.333. The Kier molecular flexibility index (Phi) is 10.9. The lowest BCUT2D eigenvalue weighted by Crippen LogP contribution is -2.08. The van der Waals surface area contributed by atoms with Crippen LogP contribution in [0.1, 0.15) is 87.1 Å². The van der Waals surface area contributed by atoms with Gasteiger partial charge in [-0.05, 0) is 77.2 Å². The number of esters is 1. The fourth-order valence-corrected chi connectivity index (χ4v) is 4.85. The van der Waals surface area contributed by atoms with E-state index in [1.807, 2.05) is 54.6 Å². The van der Waals surface area contributed by atoms with Crippen molar-refractivity contribution in [2.75, 3.05) is 6.61 Å². The third-order valence-electron chi connectivity index (χ3n) is 7.49. The van der Waals surface area contributed by atoms with Gasteiger partial charge in [0.05, 0.1) is 18.1 Å². The second kappa shape index (κ2) is 15.0. The highest BCUT2D eigenvalue weighted by Crippen LogP contribution is 2.27. The number of carbonyl (C=O) groups is 2. The van der Waals surface area contributed by atoms with Gasteiger partial charge in [-0.3, -0.25) is 4.79 Å². The van der Waals surface area contributed by atoms with E-state index in [4.69, 9.17) is 9.47 Å². The topological polar surface area (TPSA) is 72.8 Å². The smallest absolute Gasteiger partial charge is 0.343 e. The van der Waals surface area contributed by atoms with Crippen LogP contribution in [0.3, 0.4) is 0 Å². The molecule has 1 atom stereocenters. The van der Waals surface area contributed by atoms with Crippen molar-refractivity contribution in [3.05, 3.63) is 96.1 Å². The Bertz CT molecular complexity index is 1420. The number of hydrogen-bond donors (Lipinski definition) is 1. The van der Waals surface area contributed by atoms with E-state index >= 15 is 0 Å². The van der Waals surface area contributed by atoms with Gasteiger partial charge in [0.2, 0.25) is 0 Å². The van der Waals surface area contributed by atoms with Gasteiger partial charge in [-0.25, -0.2) is 4.79 Å². The zero-order chi connectivity index (χ0) is 29.0. The molecule has 0 spiro atoms. The van der Waals surface area contributed by atoms with Gasteiger partial charge in [0, 0.05) is 0 Å². The molecule has 0 unspecified atom stereocenters. The Morgan fingerprint density at radius 3 is 1.90 bits per heavy atom. The Morgan fingerprint density at radius 1 is 0.683 bits per heavy atom. The van der Waals surface area contributed by atoms with E-state index in [9.17, 15) is 14.7 Å². The molecule has 0 radical (unpaired) electrons. The lowest BCUT2D eigenvalue weighted by atomic mass is 9.98. The minimum atomic E-state index is -0.865. The largest absolute Gasteiger partial charge is 0.494 e. The van der Waals surface area contributed by atoms with Crippen LogP contribution in [0.2, 0.25) is 0 Å². The second-order valence-electron chi connectivity index (χ2n) is 10.6. The van der Waals surface area contributed by atoms with Crippen molar-refractivity contribution >= 4 is 22.7 Å². The number of carboxylic acid groups (broad SMARTS) is 1. The maximum Gasteiger partial charge on any atom is 0.343 e. The number of benzene rings is 4. The summed E-state index contributed by atoms with van der Waals surface area (Å²) in [5, 5.41) is 11.0. The summed E-state index contributed by atoms with van der Waals surface area (Å²) in [4.78, 5) is 24.1. The summed E-state index contributed by atoms with van der Waals surface area (Å²) in [6.07, 6.45) is 10.3. The average Bonchev–Trinajstić information content (AvgIpc) is 3.00. The van der Waals surface area contributed by atoms with Crippen molar-refractivity contribution in [3.63, 3.8) is 0 Å². The lowest BCUT2D eigenvalue weighted by molar-refractivity contribution is -0.138. The molecule has 0 saturated carbocycles. The maximum atomic E-state index is 12.8. The molecule has 0 saturated heterocycles. The van der Waals surface area contributed by atoms with Crippen LogP contribution < -0.4 is 9.47 Å². The Morgan fingerprint density at radius 2 is 1.24 bits per heavy atom. The number of ether oxygens (including phenoxy) is 2. The third kappa shape index (κ3) is 8.68. The van der Waals surface area contributed by atoms with Crippen LogP contribution in [0.5, 0.6) is 11.5 Å². The first-order chi connectivity index (χ1) is 19.9. The fourth-order valence-electron chi connectivity index (χ4n) is 4.85. The van der Waals surface area contributed by atoms with Crippen LogP contribution in [-0.4, -0.2) is 23.7 Å². The van der Waals surface area contributed by atoms with Gasteiger partial charge in [-0.1, -0.05) is 100 Å². The molecule has 0 aliphatic carbocycles. The standard InChI is InChI=1S/C36H40O5/c1-3-4-5-6-7-8-9-10-23-40-33-20-17-28(18-21-33)27-11-13-29(14-12-27)36(39)41-34-22-19-31-24-30(26(2)35(37)38)15-16-32(31)25-34/h11-22,24-26H,3-10,23H2,1-2H3,(H,37,38)/t26-/m0/s1. The van der Waals surface area contributed by atoms with Crippen LogP contribution >= 0.6 is 0 Å². The molecule has 214 valence electrons. The molecule has 4 aromatic rings. The average molecular weight is 553 g/mol. The molecule has 4 rings (SSSR count). The predicted octanol–water partition coefficient (Wildman–Crippen LogP) is 9.43. The highest BCUT2D eigenvalue weighted by Gasteiger charge is 2.14. The second-order valence-corrected chi connectivity index (χ2v) is 10.6. The van der Waals surface area contributed by atoms with Crippen LogP contribution in [0.4, 0.5) is 0 Å². The maximum absolute atomic E-state index is 12.8. The molecule has 5 nitrogen and oxygen atoms in total. The molecule has 0 aromatic heterocycles. The number of unbranched alkanes of at least 4 members (excludes halogenated alkanes) is 7. The molecule has 0 aliphatic rings. The molecule has 41 heavy (non-hydrogen) atoms. The van der Waals surface area contributed by atoms with Gasteiger partial charge in [-0.15, -0.1) is 0 Å². The monoisotopic (exact) mass is 552 g/mol. The zero-order valence-electron chi connectivity index (χ0n) is 24.1. The van der Waals surface area contributed by atoms with Crippen LogP contribution in [0.25, 0.3) is 21.9 Å². The predicted molar refractivity (Wildman–Crippen MR) is 165 cm³/mol. The van der Waals surface area contributed by atoms with E-state index in [2.05, 4.69) is 6.92 Å². The van der Waals surface area contributed by atoms with Crippen LogP contribution in [-0.2, 0) is 4.79 Å². The molecule has 0 heterocycles. The van der Waals surface area contributed by atoms with Crippen molar-refractivity contribution in [2.24, 2.45) is 0 Å². The first-order valence-corrected chi connectivity index (χ1v) is 14.8. The number of fused-ring (bicyclic) bond motifs is 1. The minimum absolute atomic E-state index is 0.434. The van der Waals surface area contributed by atoms with E-state index < -0.39 is 17.9 Å². The summed E-state index contributed by atoms with van der Waals surface area (Å²) in [7, 11) is 0. The third-order valence-corrected chi connectivity index (χ3v) is 7.49. The molecule has 0 aliphatic heterocycles. The van der Waals surface area contributed by atoms with Crippen molar-refractivity contribution in [1.82, 2.24) is 0 Å². The van der Waals surface area contributed by atoms with Gasteiger partial charge < -0.3 is 14.6 Å². The quantitative estimate of drug-likeness (QED) is 0.0903.